The first-order valence-electron chi connectivity index (χ1n) is 9.39. The molecule has 3 aromatic rings. The first-order valence-corrected chi connectivity index (χ1v) is 10.2. The van der Waals surface area contributed by atoms with Crippen molar-refractivity contribution in [2.45, 2.75) is 12.8 Å². The number of anilines is 3. The van der Waals surface area contributed by atoms with Crippen molar-refractivity contribution in [3.63, 3.8) is 0 Å². The third kappa shape index (κ3) is 6.35. The fourth-order valence-electron chi connectivity index (χ4n) is 2.84. The normalized spacial score (nSPS) is 10.2. The minimum Gasteiger partial charge on any atom is -0.496 e. The van der Waals surface area contributed by atoms with Gasteiger partial charge in [0, 0.05) is 23.5 Å². The second kappa shape index (κ2) is 10.5. The molecule has 30 heavy (non-hydrogen) atoms. The van der Waals surface area contributed by atoms with Crippen molar-refractivity contribution in [3.8, 4) is 5.75 Å². The average Bonchev–Trinajstić information content (AvgIpc) is 2.73. The van der Waals surface area contributed by atoms with Crippen LogP contribution < -0.4 is 20.7 Å². The molecule has 0 aliphatic carbocycles. The number of para-hydroxylation sites is 1. The first kappa shape index (κ1) is 21.4. The van der Waals surface area contributed by atoms with Gasteiger partial charge in [0.15, 0.2) is 0 Å². The molecule has 0 radical (unpaired) electrons. The van der Waals surface area contributed by atoms with Crippen molar-refractivity contribution in [3.05, 3.63) is 82.8 Å². The molecule has 0 aliphatic rings. The Morgan fingerprint density at radius 3 is 2.20 bits per heavy atom. The lowest BCUT2D eigenvalue weighted by atomic mass is 10.1. The number of methoxy groups -OCH3 is 1. The van der Waals surface area contributed by atoms with Crippen LogP contribution in [0.4, 0.5) is 21.9 Å². The van der Waals surface area contributed by atoms with E-state index >= 15 is 0 Å². The van der Waals surface area contributed by atoms with E-state index in [0.29, 0.717) is 29.9 Å². The molecule has 0 unspecified atom stereocenters. The Balaban J connectivity index is 1.52. The fraction of sp³-hybridized carbons (Fsp3) is 0.130. The van der Waals surface area contributed by atoms with Gasteiger partial charge in [0.2, 0.25) is 5.91 Å². The highest BCUT2D eigenvalue weighted by atomic mass is 79.9. The monoisotopic (exact) mass is 467 g/mol. The molecule has 3 rings (SSSR count). The Labute approximate surface area is 183 Å². The molecule has 3 N–H and O–H groups in total. The van der Waals surface area contributed by atoms with Crippen LogP contribution in [0.3, 0.4) is 0 Å². The maximum absolute atomic E-state index is 12.3. The predicted molar refractivity (Wildman–Crippen MR) is 123 cm³/mol. The Kier molecular flexibility index (Phi) is 7.45. The molecule has 0 saturated heterocycles. The van der Waals surface area contributed by atoms with E-state index in [-0.39, 0.29) is 11.9 Å². The van der Waals surface area contributed by atoms with Crippen LogP contribution in [0.2, 0.25) is 0 Å². The highest BCUT2D eigenvalue weighted by molar-refractivity contribution is 9.10. The smallest absolute Gasteiger partial charge is 0.323 e. The van der Waals surface area contributed by atoms with Crippen LogP contribution >= 0.6 is 15.9 Å². The van der Waals surface area contributed by atoms with Gasteiger partial charge >= 0.3 is 6.03 Å². The van der Waals surface area contributed by atoms with Gasteiger partial charge in [-0.3, -0.25) is 4.79 Å². The van der Waals surface area contributed by atoms with Crippen LogP contribution in [-0.4, -0.2) is 19.0 Å². The molecule has 3 amide bonds. The van der Waals surface area contributed by atoms with Crippen LogP contribution in [0.25, 0.3) is 0 Å². The third-order valence-electron chi connectivity index (χ3n) is 4.29. The summed E-state index contributed by atoms with van der Waals surface area (Å²) in [5.74, 6) is 0.650. The highest BCUT2D eigenvalue weighted by Crippen LogP contribution is 2.26. The fourth-order valence-corrected chi connectivity index (χ4v) is 3.42. The number of benzene rings is 3. The zero-order valence-corrected chi connectivity index (χ0v) is 18.0. The van der Waals surface area contributed by atoms with E-state index in [1.165, 1.54) is 0 Å². The Morgan fingerprint density at radius 2 is 1.50 bits per heavy atom. The molecule has 0 aromatic heterocycles. The maximum atomic E-state index is 12.3. The summed E-state index contributed by atoms with van der Waals surface area (Å²) in [4.78, 5) is 24.4. The van der Waals surface area contributed by atoms with Crippen LogP contribution in [0, 0.1) is 0 Å². The number of carbonyl (C=O) groups is 2. The average molecular weight is 468 g/mol. The van der Waals surface area contributed by atoms with Crippen LogP contribution in [0.1, 0.15) is 12.0 Å². The van der Waals surface area contributed by atoms with E-state index < -0.39 is 0 Å². The van der Waals surface area contributed by atoms with Gasteiger partial charge in [0.25, 0.3) is 0 Å². The minimum atomic E-state index is -0.352. The summed E-state index contributed by atoms with van der Waals surface area (Å²) in [5, 5.41) is 8.38. The molecule has 0 spiro atoms. The number of nitrogens with one attached hydrogen (secondary N) is 3. The molecule has 0 atom stereocenters. The first-order chi connectivity index (χ1) is 14.5. The number of amides is 3. The SMILES string of the molecule is COc1ccc(CCC(=O)Nc2cccc(NC(=O)Nc3ccccc3)c2)cc1Br. The molecule has 0 heterocycles. The van der Waals surface area contributed by atoms with Gasteiger partial charge in [0.05, 0.1) is 11.6 Å². The van der Waals surface area contributed by atoms with Gasteiger partial charge in [-0.2, -0.15) is 0 Å². The van der Waals surface area contributed by atoms with Gasteiger partial charge in [-0.25, -0.2) is 4.79 Å². The summed E-state index contributed by atoms with van der Waals surface area (Å²) < 4.78 is 6.07. The van der Waals surface area contributed by atoms with Crippen LogP contribution in [0.5, 0.6) is 5.75 Å². The lowest BCUT2D eigenvalue weighted by Gasteiger charge is -2.10. The predicted octanol–water partition coefficient (Wildman–Crippen LogP) is 5.67. The van der Waals surface area contributed by atoms with Crippen LogP contribution in [-0.2, 0) is 11.2 Å². The summed E-state index contributed by atoms with van der Waals surface area (Å²) in [6.45, 7) is 0. The molecular formula is C23H22BrN3O3. The van der Waals surface area contributed by atoms with Crippen molar-refractivity contribution < 1.29 is 14.3 Å². The van der Waals surface area contributed by atoms with Crippen molar-refractivity contribution >= 4 is 44.9 Å². The van der Waals surface area contributed by atoms with Crippen molar-refractivity contribution in [2.24, 2.45) is 0 Å². The lowest BCUT2D eigenvalue weighted by molar-refractivity contribution is -0.116. The molecule has 0 bridgehead atoms. The van der Waals surface area contributed by atoms with E-state index in [4.69, 9.17) is 4.74 Å². The zero-order valence-electron chi connectivity index (χ0n) is 16.4. The van der Waals surface area contributed by atoms with Gasteiger partial charge in [-0.15, -0.1) is 0 Å². The van der Waals surface area contributed by atoms with E-state index in [0.717, 1.165) is 15.8 Å². The minimum absolute atomic E-state index is 0.104. The van der Waals surface area contributed by atoms with Gasteiger partial charge in [-0.05, 0) is 70.4 Å². The summed E-state index contributed by atoms with van der Waals surface area (Å²) in [6, 6.07) is 21.6. The van der Waals surface area contributed by atoms with Crippen molar-refractivity contribution in [2.75, 3.05) is 23.1 Å². The van der Waals surface area contributed by atoms with Crippen LogP contribution in [0.15, 0.2) is 77.3 Å². The highest BCUT2D eigenvalue weighted by Gasteiger charge is 2.07. The van der Waals surface area contributed by atoms with E-state index in [9.17, 15) is 9.59 Å². The number of halogens is 1. The third-order valence-corrected chi connectivity index (χ3v) is 4.91. The number of urea groups is 1. The quantitative estimate of drug-likeness (QED) is 0.418. The number of rotatable bonds is 7. The Bertz CT molecular complexity index is 1030. The van der Waals surface area contributed by atoms with E-state index in [1.807, 2.05) is 36.4 Å². The zero-order chi connectivity index (χ0) is 21.3. The lowest BCUT2D eigenvalue weighted by Crippen LogP contribution is -2.19. The summed E-state index contributed by atoms with van der Waals surface area (Å²) in [5.41, 5.74) is 2.93. The number of aryl methyl sites for hydroxylation is 1. The molecule has 7 heteroatoms. The molecule has 0 aliphatic heterocycles. The molecule has 6 nitrogen and oxygen atoms in total. The Morgan fingerprint density at radius 1 is 0.833 bits per heavy atom. The maximum Gasteiger partial charge on any atom is 0.323 e. The molecule has 0 fully saturated rings. The van der Waals surface area contributed by atoms with E-state index in [2.05, 4.69) is 31.9 Å². The molecule has 3 aromatic carbocycles. The molecular weight excluding hydrogens is 446 g/mol. The summed E-state index contributed by atoms with van der Waals surface area (Å²) >= 11 is 3.45. The Hall–Kier alpha value is -3.32. The topological polar surface area (TPSA) is 79.5 Å². The van der Waals surface area contributed by atoms with Crippen molar-refractivity contribution in [1.29, 1.82) is 0 Å². The number of ether oxygens (including phenoxy) is 1. The molecule has 0 saturated carbocycles. The largest absolute Gasteiger partial charge is 0.496 e. The number of hydrogen-bond donors (Lipinski definition) is 3. The molecule has 154 valence electrons. The second-order valence-electron chi connectivity index (χ2n) is 6.54. The second-order valence-corrected chi connectivity index (χ2v) is 7.40. The van der Waals surface area contributed by atoms with Crippen molar-refractivity contribution in [1.82, 2.24) is 0 Å². The van der Waals surface area contributed by atoms with Gasteiger partial charge < -0.3 is 20.7 Å². The summed E-state index contributed by atoms with van der Waals surface area (Å²) in [6.07, 6.45) is 0.941. The number of carbonyl (C=O) groups excluding carboxylic acids is 2. The standard InChI is InChI=1S/C23H22BrN3O3/c1-30-21-12-10-16(14-20(21)24)11-13-22(28)25-18-8-5-9-19(15-18)27-23(29)26-17-6-3-2-4-7-17/h2-10,12,14-15H,11,13H2,1H3,(H,25,28)(H2,26,27,29). The number of hydrogen-bond acceptors (Lipinski definition) is 3. The van der Waals surface area contributed by atoms with Gasteiger partial charge in [-0.1, -0.05) is 30.3 Å². The summed E-state index contributed by atoms with van der Waals surface area (Å²) in [7, 11) is 1.61. The van der Waals surface area contributed by atoms with Gasteiger partial charge in [0.1, 0.15) is 5.75 Å². The van der Waals surface area contributed by atoms with E-state index in [1.54, 1.807) is 43.5 Å².